The lowest BCUT2D eigenvalue weighted by atomic mass is 9.89. The summed E-state index contributed by atoms with van der Waals surface area (Å²) in [6.45, 7) is 5.82. The fraction of sp³-hybridized carbons (Fsp3) is 0.567. The van der Waals surface area contributed by atoms with Crippen LogP contribution < -0.4 is 10.1 Å². The topological polar surface area (TPSA) is 92.5 Å². The highest BCUT2D eigenvalue weighted by Crippen LogP contribution is 2.38. The molecule has 1 aliphatic carbocycles. The Hall–Kier alpha value is -3.13. The molecule has 2 aromatic heterocycles. The van der Waals surface area contributed by atoms with Gasteiger partial charge in [0.05, 0.1) is 13.2 Å². The van der Waals surface area contributed by atoms with E-state index in [0.29, 0.717) is 29.5 Å². The van der Waals surface area contributed by atoms with Crippen molar-refractivity contribution in [3.63, 3.8) is 0 Å². The predicted octanol–water partition coefficient (Wildman–Crippen LogP) is 5.54. The molecule has 1 aromatic carbocycles. The number of piperidine rings is 1. The molecular weight excluding hydrogens is 478 g/mol. The minimum Gasteiger partial charge on any atom is -0.497 e. The standard InChI is InChI=1S/C30H41N5O3/c1-4-5-20(2)32-30-31-18-26-27(19-35(28(26)33-30)23-8-10-24(36)11-9-23)21-14-16-34(17-15-21)29(37)22-6-12-25(38-3)13-7-22/h6-7,12-13,18-21,23-24,36H,4-5,8-11,14-17H2,1-3H3,(H,31,32,33). The van der Waals surface area contributed by atoms with Crippen molar-refractivity contribution in [3.05, 3.63) is 47.8 Å². The van der Waals surface area contributed by atoms with Crippen molar-refractivity contribution in [2.45, 2.75) is 89.3 Å². The number of rotatable bonds is 8. The summed E-state index contributed by atoms with van der Waals surface area (Å²) in [4.78, 5) is 24.8. The van der Waals surface area contributed by atoms with Gasteiger partial charge < -0.3 is 24.6 Å². The zero-order chi connectivity index (χ0) is 26.6. The van der Waals surface area contributed by atoms with Gasteiger partial charge in [-0.05, 0) is 87.6 Å². The molecule has 1 atom stereocenters. The van der Waals surface area contributed by atoms with Crippen molar-refractivity contribution < 1.29 is 14.6 Å². The third-order valence-electron chi connectivity index (χ3n) is 8.32. The van der Waals surface area contributed by atoms with Crippen molar-refractivity contribution in [1.29, 1.82) is 0 Å². The largest absolute Gasteiger partial charge is 0.497 e. The maximum Gasteiger partial charge on any atom is 0.253 e. The van der Waals surface area contributed by atoms with Crippen molar-refractivity contribution in [3.8, 4) is 5.75 Å². The third-order valence-corrected chi connectivity index (χ3v) is 8.32. The molecule has 1 amide bonds. The number of likely N-dealkylation sites (tertiary alicyclic amines) is 1. The molecule has 1 saturated heterocycles. The molecule has 1 saturated carbocycles. The van der Waals surface area contributed by atoms with Crippen LogP contribution in [0.5, 0.6) is 5.75 Å². The van der Waals surface area contributed by atoms with E-state index in [2.05, 4.69) is 29.9 Å². The van der Waals surface area contributed by atoms with E-state index in [0.717, 1.165) is 81.2 Å². The molecular formula is C30H41N5O3. The van der Waals surface area contributed by atoms with Crippen LogP contribution in [0.4, 0.5) is 5.95 Å². The summed E-state index contributed by atoms with van der Waals surface area (Å²) in [6.07, 6.45) is 11.7. The smallest absolute Gasteiger partial charge is 0.253 e. The van der Waals surface area contributed by atoms with E-state index >= 15 is 0 Å². The number of carbonyl (C=O) groups is 1. The van der Waals surface area contributed by atoms with E-state index in [-0.39, 0.29) is 12.0 Å². The van der Waals surface area contributed by atoms with Crippen LogP contribution in [-0.4, -0.2) is 62.8 Å². The monoisotopic (exact) mass is 519 g/mol. The van der Waals surface area contributed by atoms with Gasteiger partial charge in [0, 0.05) is 48.5 Å². The lowest BCUT2D eigenvalue weighted by molar-refractivity contribution is 0.0713. The maximum absolute atomic E-state index is 13.1. The predicted molar refractivity (Wildman–Crippen MR) is 150 cm³/mol. The number of carbonyl (C=O) groups excluding carboxylic acids is 1. The molecule has 204 valence electrons. The van der Waals surface area contributed by atoms with E-state index in [9.17, 15) is 9.90 Å². The maximum atomic E-state index is 13.1. The minimum absolute atomic E-state index is 0.0783. The molecule has 0 bridgehead atoms. The third kappa shape index (κ3) is 5.65. The first-order valence-electron chi connectivity index (χ1n) is 14.2. The van der Waals surface area contributed by atoms with Gasteiger partial charge in [-0.1, -0.05) is 13.3 Å². The summed E-state index contributed by atoms with van der Waals surface area (Å²) < 4.78 is 7.58. The number of aliphatic hydroxyl groups is 1. The second-order valence-corrected chi connectivity index (χ2v) is 11.0. The number of nitrogens with one attached hydrogen (secondary N) is 1. The summed E-state index contributed by atoms with van der Waals surface area (Å²) in [5.74, 6) is 1.87. The van der Waals surface area contributed by atoms with Crippen molar-refractivity contribution >= 4 is 22.9 Å². The van der Waals surface area contributed by atoms with Crippen molar-refractivity contribution in [2.75, 3.05) is 25.5 Å². The van der Waals surface area contributed by atoms with Crippen LogP contribution in [0.25, 0.3) is 11.0 Å². The van der Waals surface area contributed by atoms with Crippen LogP contribution >= 0.6 is 0 Å². The van der Waals surface area contributed by atoms with Gasteiger partial charge in [0.1, 0.15) is 11.4 Å². The van der Waals surface area contributed by atoms with Crippen LogP contribution in [0.1, 0.15) is 93.1 Å². The lowest BCUT2D eigenvalue weighted by Crippen LogP contribution is -2.37. The summed E-state index contributed by atoms with van der Waals surface area (Å²) in [5.41, 5.74) is 2.97. The molecule has 8 nitrogen and oxygen atoms in total. The first-order chi connectivity index (χ1) is 18.5. The molecule has 8 heteroatoms. The highest BCUT2D eigenvalue weighted by atomic mass is 16.5. The zero-order valence-corrected chi connectivity index (χ0v) is 22.9. The first-order valence-corrected chi connectivity index (χ1v) is 14.2. The van der Waals surface area contributed by atoms with Crippen molar-refractivity contribution in [1.82, 2.24) is 19.4 Å². The molecule has 0 radical (unpaired) electrons. The molecule has 38 heavy (non-hydrogen) atoms. The first kappa shape index (κ1) is 26.5. The summed E-state index contributed by atoms with van der Waals surface area (Å²) in [7, 11) is 1.63. The number of anilines is 1. The number of fused-ring (bicyclic) bond motifs is 1. The van der Waals surface area contributed by atoms with Crippen molar-refractivity contribution in [2.24, 2.45) is 0 Å². The van der Waals surface area contributed by atoms with Gasteiger partial charge in [-0.15, -0.1) is 0 Å². The van der Waals surface area contributed by atoms with E-state index < -0.39 is 0 Å². The molecule has 3 heterocycles. The molecule has 3 aromatic rings. The van der Waals surface area contributed by atoms with Crippen LogP contribution in [-0.2, 0) is 0 Å². The SMILES string of the molecule is CCCC(C)Nc1ncc2c(C3CCN(C(=O)c4ccc(OC)cc4)CC3)cn(C3CCC(O)CC3)c2n1. The molecule has 1 aliphatic heterocycles. The van der Waals surface area contributed by atoms with Gasteiger partial charge in [0.15, 0.2) is 0 Å². The fourth-order valence-electron chi connectivity index (χ4n) is 6.10. The Morgan fingerprint density at radius 1 is 1.13 bits per heavy atom. The Morgan fingerprint density at radius 2 is 1.84 bits per heavy atom. The molecule has 5 rings (SSSR count). The second kappa shape index (κ2) is 11.7. The minimum atomic E-state index is -0.193. The van der Waals surface area contributed by atoms with E-state index in [4.69, 9.17) is 14.7 Å². The Labute approximate surface area is 225 Å². The average molecular weight is 520 g/mol. The number of aromatic nitrogens is 3. The average Bonchev–Trinajstić information content (AvgIpc) is 3.32. The highest BCUT2D eigenvalue weighted by Gasteiger charge is 2.29. The number of hydrogen-bond donors (Lipinski definition) is 2. The highest BCUT2D eigenvalue weighted by molar-refractivity contribution is 5.94. The molecule has 1 unspecified atom stereocenters. The van der Waals surface area contributed by atoms with E-state index in [1.165, 1.54) is 5.56 Å². The number of benzene rings is 1. The number of aliphatic hydroxyl groups excluding tert-OH is 1. The molecule has 0 spiro atoms. The van der Waals surface area contributed by atoms with E-state index in [1.54, 1.807) is 7.11 Å². The van der Waals surface area contributed by atoms with Gasteiger partial charge in [-0.25, -0.2) is 4.98 Å². The van der Waals surface area contributed by atoms with Crippen LogP contribution in [0.3, 0.4) is 0 Å². The number of nitrogens with zero attached hydrogens (tertiary/aromatic N) is 4. The Bertz CT molecular complexity index is 1220. The Kier molecular flexibility index (Phi) is 8.17. The van der Waals surface area contributed by atoms with Gasteiger partial charge in [0.25, 0.3) is 5.91 Å². The van der Waals surface area contributed by atoms with Gasteiger partial charge >= 0.3 is 0 Å². The Balaban J connectivity index is 1.36. The molecule has 2 aliphatic rings. The van der Waals surface area contributed by atoms with Crippen LogP contribution in [0.2, 0.25) is 0 Å². The van der Waals surface area contributed by atoms with Crippen LogP contribution in [0.15, 0.2) is 36.7 Å². The normalized spacial score (nSPS) is 21.4. The second-order valence-electron chi connectivity index (χ2n) is 11.0. The number of methoxy groups -OCH3 is 1. The number of hydrogen-bond acceptors (Lipinski definition) is 6. The van der Waals surface area contributed by atoms with Gasteiger partial charge in [0.2, 0.25) is 5.95 Å². The van der Waals surface area contributed by atoms with Crippen LogP contribution in [0, 0.1) is 0 Å². The lowest BCUT2D eigenvalue weighted by Gasteiger charge is -2.32. The molecule has 2 fully saturated rings. The fourth-order valence-corrected chi connectivity index (χ4v) is 6.10. The summed E-state index contributed by atoms with van der Waals surface area (Å²) in [5, 5.41) is 14.7. The van der Waals surface area contributed by atoms with Gasteiger partial charge in [-0.3, -0.25) is 4.79 Å². The Morgan fingerprint density at radius 3 is 2.50 bits per heavy atom. The summed E-state index contributed by atoms with van der Waals surface area (Å²) >= 11 is 0. The van der Waals surface area contributed by atoms with Gasteiger partial charge in [-0.2, -0.15) is 4.98 Å². The zero-order valence-electron chi connectivity index (χ0n) is 22.9. The number of amides is 1. The number of ether oxygens (including phenoxy) is 1. The van der Waals surface area contributed by atoms with E-state index in [1.807, 2.05) is 35.4 Å². The summed E-state index contributed by atoms with van der Waals surface area (Å²) in [6, 6.07) is 8.01. The quantitative estimate of drug-likeness (QED) is 0.406. The molecule has 2 N–H and O–H groups in total.